The van der Waals surface area contributed by atoms with Gasteiger partial charge in [0, 0.05) is 37.4 Å². The summed E-state index contributed by atoms with van der Waals surface area (Å²) >= 11 is 0. The van der Waals surface area contributed by atoms with Gasteiger partial charge in [-0.1, -0.05) is 12.8 Å². The van der Waals surface area contributed by atoms with E-state index in [1.54, 1.807) is 6.20 Å². The van der Waals surface area contributed by atoms with Gasteiger partial charge in [0.2, 0.25) is 5.95 Å². The van der Waals surface area contributed by atoms with Crippen molar-refractivity contribution in [2.24, 2.45) is 0 Å². The second-order valence-corrected chi connectivity index (χ2v) is 4.79. The van der Waals surface area contributed by atoms with Crippen molar-refractivity contribution in [2.75, 3.05) is 11.9 Å². The van der Waals surface area contributed by atoms with Gasteiger partial charge >= 0.3 is 0 Å². The lowest BCUT2D eigenvalue weighted by molar-refractivity contribution is 0.521. The molecule has 2 aromatic rings. The van der Waals surface area contributed by atoms with Gasteiger partial charge in [-0.15, -0.1) is 0 Å². The Morgan fingerprint density at radius 1 is 1.22 bits per heavy atom. The van der Waals surface area contributed by atoms with Gasteiger partial charge in [0.25, 0.3) is 0 Å². The number of imidazole rings is 1. The Morgan fingerprint density at radius 2 is 2.11 bits per heavy atom. The lowest BCUT2D eigenvalue weighted by Crippen LogP contribution is -2.15. The highest BCUT2D eigenvalue weighted by Crippen LogP contribution is 2.31. The van der Waals surface area contributed by atoms with Crippen LogP contribution < -0.4 is 5.32 Å². The molecule has 3 rings (SSSR count). The minimum absolute atomic E-state index is 0.639. The van der Waals surface area contributed by atoms with Crippen LogP contribution in [0.15, 0.2) is 30.9 Å². The summed E-state index contributed by atoms with van der Waals surface area (Å²) in [6.07, 6.45) is 13.0. The number of anilines is 1. The second-order valence-electron chi connectivity index (χ2n) is 4.79. The van der Waals surface area contributed by atoms with Gasteiger partial charge in [-0.2, -0.15) is 5.10 Å². The van der Waals surface area contributed by atoms with E-state index in [4.69, 9.17) is 0 Å². The zero-order valence-corrected chi connectivity index (χ0v) is 10.5. The fraction of sp³-hybridized carbons (Fsp3) is 0.538. The number of nitrogens with one attached hydrogen (secondary N) is 1. The standard InChI is InChI=1S/C13H19N5/c1-2-5-12(4-1)18-11-8-15-13(18)14-7-10-17-9-3-6-16-17/h3,6,8-9,11-12H,1-2,4-5,7,10H2,(H,14,15). The van der Waals surface area contributed by atoms with Crippen molar-refractivity contribution in [2.45, 2.75) is 38.3 Å². The molecule has 1 aliphatic carbocycles. The van der Waals surface area contributed by atoms with Crippen molar-refractivity contribution >= 4 is 5.95 Å². The molecule has 0 amide bonds. The summed E-state index contributed by atoms with van der Waals surface area (Å²) in [7, 11) is 0. The predicted octanol–water partition coefficient (Wildman–Crippen LogP) is 2.31. The van der Waals surface area contributed by atoms with Gasteiger partial charge < -0.3 is 9.88 Å². The molecule has 5 heteroatoms. The molecule has 0 unspecified atom stereocenters. The van der Waals surface area contributed by atoms with E-state index < -0.39 is 0 Å². The summed E-state index contributed by atoms with van der Waals surface area (Å²) in [5.74, 6) is 0.994. The molecular formula is C13H19N5. The Labute approximate surface area is 107 Å². The fourth-order valence-electron chi connectivity index (χ4n) is 2.64. The summed E-state index contributed by atoms with van der Waals surface area (Å²) in [4.78, 5) is 4.40. The maximum atomic E-state index is 4.40. The molecule has 96 valence electrons. The molecule has 18 heavy (non-hydrogen) atoms. The number of aromatic nitrogens is 4. The van der Waals surface area contributed by atoms with Crippen LogP contribution in [-0.2, 0) is 6.54 Å². The molecule has 0 bridgehead atoms. The van der Waals surface area contributed by atoms with Crippen LogP contribution in [0, 0.1) is 0 Å². The maximum Gasteiger partial charge on any atom is 0.203 e. The third kappa shape index (κ3) is 2.39. The van der Waals surface area contributed by atoms with Crippen molar-refractivity contribution in [3.05, 3.63) is 30.9 Å². The van der Waals surface area contributed by atoms with E-state index in [1.165, 1.54) is 25.7 Å². The maximum absolute atomic E-state index is 4.40. The highest BCUT2D eigenvalue weighted by atomic mass is 15.3. The molecule has 5 nitrogen and oxygen atoms in total. The van der Waals surface area contributed by atoms with Gasteiger partial charge in [-0.05, 0) is 18.9 Å². The van der Waals surface area contributed by atoms with E-state index in [9.17, 15) is 0 Å². The molecule has 0 aromatic carbocycles. The van der Waals surface area contributed by atoms with Crippen molar-refractivity contribution in [3.8, 4) is 0 Å². The minimum atomic E-state index is 0.639. The molecule has 1 aliphatic rings. The van der Waals surface area contributed by atoms with E-state index in [2.05, 4.69) is 26.2 Å². The summed E-state index contributed by atoms with van der Waals surface area (Å²) in [6, 6.07) is 2.58. The first-order valence-corrected chi connectivity index (χ1v) is 6.67. The zero-order valence-electron chi connectivity index (χ0n) is 10.5. The van der Waals surface area contributed by atoms with E-state index in [1.807, 2.05) is 23.1 Å². The monoisotopic (exact) mass is 245 g/mol. The van der Waals surface area contributed by atoms with E-state index in [0.29, 0.717) is 6.04 Å². The van der Waals surface area contributed by atoms with Gasteiger partial charge in [-0.25, -0.2) is 4.98 Å². The number of rotatable bonds is 5. The van der Waals surface area contributed by atoms with Crippen LogP contribution in [0.1, 0.15) is 31.7 Å². The quantitative estimate of drug-likeness (QED) is 0.879. The van der Waals surface area contributed by atoms with Gasteiger partial charge in [0.15, 0.2) is 0 Å². The van der Waals surface area contributed by atoms with Gasteiger partial charge in [0.1, 0.15) is 0 Å². The Kier molecular flexibility index (Phi) is 3.30. The van der Waals surface area contributed by atoms with Crippen molar-refractivity contribution < 1.29 is 0 Å². The molecule has 0 aliphatic heterocycles. The zero-order chi connectivity index (χ0) is 12.2. The summed E-state index contributed by atoms with van der Waals surface area (Å²) in [6.45, 7) is 1.72. The van der Waals surface area contributed by atoms with Gasteiger partial charge in [-0.3, -0.25) is 4.68 Å². The highest BCUT2D eigenvalue weighted by molar-refractivity contribution is 5.26. The summed E-state index contributed by atoms with van der Waals surface area (Å²) in [5, 5.41) is 7.58. The molecule has 0 radical (unpaired) electrons. The molecule has 2 heterocycles. The third-order valence-corrected chi connectivity index (χ3v) is 3.57. The first kappa shape index (κ1) is 11.3. The molecule has 1 saturated carbocycles. The average molecular weight is 245 g/mol. The van der Waals surface area contributed by atoms with Crippen LogP contribution >= 0.6 is 0 Å². The third-order valence-electron chi connectivity index (χ3n) is 3.57. The molecule has 0 atom stereocenters. The molecular weight excluding hydrogens is 226 g/mol. The second kappa shape index (κ2) is 5.25. The first-order valence-electron chi connectivity index (χ1n) is 6.67. The SMILES string of the molecule is c1cnn(CCNc2nccn2C2CCCC2)c1. The molecule has 2 aromatic heterocycles. The minimum Gasteiger partial charge on any atom is -0.354 e. The summed E-state index contributed by atoms with van der Waals surface area (Å²) < 4.78 is 4.21. The fourth-order valence-corrected chi connectivity index (χ4v) is 2.64. The Bertz CT molecular complexity index is 467. The molecule has 1 N–H and O–H groups in total. The van der Waals surface area contributed by atoms with Crippen LogP contribution in [0.5, 0.6) is 0 Å². The Morgan fingerprint density at radius 3 is 2.89 bits per heavy atom. The molecule has 0 saturated heterocycles. The number of hydrogen-bond acceptors (Lipinski definition) is 3. The van der Waals surface area contributed by atoms with Gasteiger partial charge in [0.05, 0.1) is 6.54 Å². The largest absolute Gasteiger partial charge is 0.354 e. The van der Waals surface area contributed by atoms with Crippen molar-refractivity contribution in [1.82, 2.24) is 19.3 Å². The average Bonchev–Trinajstić information content (AvgIpc) is 3.12. The summed E-state index contributed by atoms with van der Waals surface area (Å²) in [5.41, 5.74) is 0. The number of hydrogen-bond donors (Lipinski definition) is 1. The lowest BCUT2D eigenvalue weighted by Gasteiger charge is -2.15. The van der Waals surface area contributed by atoms with Crippen LogP contribution in [0.2, 0.25) is 0 Å². The van der Waals surface area contributed by atoms with E-state index >= 15 is 0 Å². The van der Waals surface area contributed by atoms with E-state index in [0.717, 1.165) is 19.0 Å². The lowest BCUT2D eigenvalue weighted by atomic mass is 10.2. The smallest absolute Gasteiger partial charge is 0.203 e. The predicted molar refractivity (Wildman–Crippen MR) is 70.4 cm³/mol. The Hall–Kier alpha value is -1.78. The number of nitrogens with zero attached hydrogens (tertiary/aromatic N) is 4. The van der Waals surface area contributed by atoms with Crippen molar-refractivity contribution in [1.29, 1.82) is 0 Å². The normalized spacial score (nSPS) is 16.2. The van der Waals surface area contributed by atoms with E-state index in [-0.39, 0.29) is 0 Å². The molecule has 1 fully saturated rings. The first-order chi connectivity index (χ1) is 8.93. The molecule has 0 spiro atoms. The topological polar surface area (TPSA) is 47.7 Å². The highest BCUT2D eigenvalue weighted by Gasteiger charge is 2.18. The Balaban J connectivity index is 1.57. The van der Waals surface area contributed by atoms with Crippen LogP contribution in [-0.4, -0.2) is 25.9 Å². The van der Waals surface area contributed by atoms with Crippen LogP contribution in [0.25, 0.3) is 0 Å². The van der Waals surface area contributed by atoms with Crippen LogP contribution in [0.3, 0.4) is 0 Å². The van der Waals surface area contributed by atoms with Crippen LogP contribution in [0.4, 0.5) is 5.95 Å². The van der Waals surface area contributed by atoms with Crippen molar-refractivity contribution in [3.63, 3.8) is 0 Å².